The molecule has 13 heavy (non-hydrogen) atoms. The molecular weight excluding hydrogens is 170 g/mol. The highest BCUT2D eigenvalue weighted by Gasteiger charge is 2.08. The van der Waals surface area contributed by atoms with E-state index in [1.54, 1.807) is 6.92 Å². The molecule has 0 saturated carbocycles. The Bertz CT molecular complexity index is 180. The molecule has 4 heteroatoms. The van der Waals surface area contributed by atoms with Crippen molar-refractivity contribution >= 4 is 11.9 Å². The Morgan fingerprint density at radius 3 is 2.54 bits per heavy atom. The molecule has 0 aliphatic heterocycles. The smallest absolute Gasteiger partial charge is 0.303 e. The van der Waals surface area contributed by atoms with Crippen molar-refractivity contribution in [2.75, 3.05) is 6.54 Å². The molecule has 0 saturated heterocycles. The second kappa shape index (κ2) is 6.46. The number of hydrogen-bond donors (Lipinski definition) is 2. The molecule has 0 fully saturated rings. The van der Waals surface area contributed by atoms with Crippen LogP contribution < -0.4 is 5.32 Å². The molecule has 0 aromatic carbocycles. The van der Waals surface area contributed by atoms with Gasteiger partial charge in [-0.25, -0.2) is 0 Å². The molecule has 0 spiro atoms. The zero-order valence-electron chi connectivity index (χ0n) is 8.17. The molecule has 1 atom stereocenters. The summed E-state index contributed by atoms with van der Waals surface area (Å²) in [4.78, 5) is 21.2. The lowest BCUT2D eigenvalue weighted by Crippen LogP contribution is -2.28. The summed E-state index contributed by atoms with van der Waals surface area (Å²) in [5, 5.41) is 11.1. The van der Waals surface area contributed by atoms with Crippen LogP contribution in [0.15, 0.2) is 0 Å². The lowest BCUT2D eigenvalue weighted by atomic mass is 10.1. The summed E-state index contributed by atoms with van der Waals surface area (Å²) < 4.78 is 0. The van der Waals surface area contributed by atoms with E-state index < -0.39 is 5.97 Å². The van der Waals surface area contributed by atoms with E-state index in [0.29, 0.717) is 13.0 Å². The Labute approximate surface area is 78.3 Å². The topological polar surface area (TPSA) is 66.4 Å². The molecule has 76 valence electrons. The molecular formula is C9H17NO3. The van der Waals surface area contributed by atoms with Crippen LogP contribution in [0, 0.1) is 5.92 Å². The van der Waals surface area contributed by atoms with Crippen molar-refractivity contribution in [1.29, 1.82) is 0 Å². The first-order chi connectivity index (χ1) is 6.06. The third-order valence-electron chi connectivity index (χ3n) is 1.65. The normalized spacial score (nSPS) is 12.2. The van der Waals surface area contributed by atoms with Crippen LogP contribution in [0.2, 0.25) is 0 Å². The second-order valence-electron chi connectivity index (χ2n) is 3.26. The Balaban J connectivity index is 3.51. The average molecular weight is 187 g/mol. The maximum atomic E-state index is 11.0. The lowest BCUT2D eigenvalue weighted by molar-refractivity contribution is -0.138. The maximum Gasteiger partial charge on any atom is 0.303 e. The summed E-state index contributed by atoms with van der Waals surface area (Å²) in [6.45, 7) is 4.19. The maximum absolute atomic E-state index is 11.0. The highest BCUT2D eigenvalue weighted by atomic mass is 16.4. The summed E-state index contributed by atoms with van der Waals surface area (Å²) >= 11 is 0. The minimum Gasteiger partial charge on any atom is -0.481 e. The van der Waals surface area contributed by atoms with E-state index in [1.165, 1.54) is 0 Å². The molecule has 0 aromatic rings. The number of carbonyl (C=O) groups excluding carboxylic acids is 1. The standard InChI is InChI=1S/C9H17NO3/c1-3-4-8(11)10-6-7(2)5-9(12)13/h7H,3-6H2,1-2H3,(H,10,11)(H,12,13). The molecule has 4 nitrogen and oxygen atoms in total. The van der Waals surface area contributed by atoms with Crippen LogP contribution in [-0.2, 0) is 9.59 Å². The van der Waals surface area contributed by atoms with E-state index >= 15 is 0 Å². The number of nitrogens with one attached hydrogen (secondary N) is 1. The quantitative estimate of drug-likeness (QED) is 0.652. The zero-order valence-corrected chi connectivity index (χ0v) is 8.17. The van der Waals surface area contributed by atoms with Crippen LogP contribution in [0.1, 0.15) is 33.1 Å². The van der Waals surface area contributed by atoms with E-state index in [0.717, 1.165) is 6.42 Å². The first kappa shape index (κ1) is 11.9. The van der Waals surface area contributed by atoms with Crippen molar-refractivity contribution in [1.82, 2.24) is 5.32 Å². The van der Waals surface area contributed by atoms with Gasteiger partial charge in [0.05, 0.1) is 0 Å². The summed E-state index contributed by atoms with van der Waals surface area (Å²) in [6, 6.07) is 0. The molecule has 0 radical (unpaired) electrons. The largest absolute Gasteiger partial charge is 0.481 e. The van der Waals surface area contributed by atoms with Gasteiger partial charge in [-0.3, -0.25) is 9.59 Å². The number of aliphatic carboxylic acids is 1. The van der Waals surface area contributed by atoms with Gasteiger partial charge in [0.15, 0.2) is 0 Å². The zero-order chi connectivity index (χ0) is 10.3. The van der Waals surface area contributed by atoms with Gasteiger partial charge in [0.2, 0.25) is 5.91 Å². The Morgan fingerprint density at radius 1 is 1.46 bits per heavy atom. The number of carbonyl (C=O) groups is 2. The molecule has 0 aliphatic carbocycles. The minimum absolute atomic E-state index is 0.000242. The van der Waals surface area contributed by atoms with Gasteiger partial charge >= 0.3 is 5.97 Å². The number of carboxylic acids is 1. The molecule has 0 aliphatic rings. The third kappa shape index (κ3) is 7.31. The van der Waals surface area contributed by atoms with Crippen molar-refractivity contribution in [3.63, 3.8) is 0 Å². The summed E-state index contributed by atoms with van der Waals surface area (Å²) in [6.07, 6.45) is 1.44. The number of rotatable bonds is 6. The van der Waals surface area contributed by atoms with E-state index in [2.05, 4.69) is 5.32 Å². The van der Waals surface area contributed by atoms with Gasteiger partial charge in [-0.15, -0.1) is 0 Å². The number of carboxylic acid groups (broad SMARTS) is 1. The highest BCUT2D eigenvalue weighted by molar-refractivity contribution is 5.75. The van der Waals surface area contributed by atoms with E-state index in [-0.39, 0.29) is 18.2 Å². The number of hydrogen-bond acceptors (Lipinski definition) is 2. The highest BCUT2D eigenvalue weighted by Crippen LogP contribution is 1.99. The molecule has 0 rings (SSSR count). The summed E-state index contributed by atoms with van der Waals surface area (Å²) in [5.41, 5.74) is 0. The second-order valence-corrected chi connectivity index (χ2v) is 3.26. The van der Waals surface area contributed by atoms with Crippen molar-refractivity contribution in [3.05, 3.63) is 0 Å². The fraction of sp³-hybridized carbons (Fsp3) is 0.778. The van der Waals surface area contributed by atoms with E-state index in [1.807, 2.05) is 6.92 Å². The fourth-order valence-corrected chi connectivity index (χ4v) is 0.974. The van der Waals surface area contributed by atoms with Gasteiger partial charge in [0.1, 0.15) is 0 Å². The van der Waals surface area contributed by atoms with E-state index in [9.17, 15) is 9.59 Å². The first-order valence-corrected chi connectivity index (χ1v) is 4.54. The van der Waals surface area contributed by atoms with Crippen molar-refractivity contribution in [2.24, 2.45) is 5.92 Å². The molecule has 0 heterocycles. The molecule has 0 aromatic heterocycles. The van der Waals surface area contributed by atoms with E-state index in [4.69, 9.17) is 5.11 Å². The molecule has 0 bridgehead atoms. The first-order valence-electron chi connectivity index (χ1n) is 4.54. The van der Waals surface area contributed by atoms with Gasteiger partial charge in [0.25, 0.3) is 0 Å². The molecule has 1 amide bonds. The van der Waals surface area contributed by atoms with Crippen LogP contribution >= 0.6 is 0 Å². The Hall–Kier alpha value is -1.06. The third-order valence-corrected chi connectivity index (χ3v) is 1.65. The van der Waals surface area contributed by atoms with Crippen LogP contribution in [0.4, 0.5) is 0 Å². The SMILES string of the molecule is CCCC(=O)NCC(C)CC(=O)O. The average Bonchev–Trinajstić information content (AvgIpc) is 2.00. The van der Waals surface area contributed by atoms with Gasteiger partial charge in [-0.2, -0.15) is 0 Å². The van der Waals surface area contributed by atoms with Crippen LogP contribution in [0.25, 0.3) is 0 Å². The van der Waals surface area contributed by atoms with Crippen molar-refractivity contribution in [2.45, 2.75) is 33.1 Å². The van der Waals surface area contributed by atoms with Gasteiger partial charge < -0.3 is 10.4 Å². The Morgan fingerprint density at radius 2 is 2.08 bits per heavy atom. The molecule has 2 N–H and O–H groups in total. The van der Waals surface area contributed by atoms with Crippen molar-refractivity contribution in [3.8, 4) is 0 Å². The van der Waals surface area contributed by atoms with Gasteiger partial charge in [0, 0.05) is 19.4 Å². The monoisotopic (exact) mass is 187 g/mol. The molecule has 1 unspecified atom stereocenters. The summed E-state index contributed by atoms with van der Waals surface area (Å²) in [5.74, 6) is -0.824. The van der Waals surface area contributed by atoms with Crippen LogP contribution in [0.3, 0.4) is 0 Å². The lowest BCUT2D eigenvalue weighted by Gasteiger charge is -2.09. The minimum atomic E-state index is -0.822. The van der Waals surface area contributed by atoms with Crippen molar-refractivity contribution < 1.29 is 14.7 Å². The van der Waals surface area contributed by atoms with Gasteiger partial charge in [-0.05, 0) is 12.3 Å². The van der Waals surface area contributed by atoms with Gasteiger partial charge in [-0.1, -0.05) is 13.8 Å². The van der Waals surface area contributed by atoms with Crippen LogP contribution in [-0.4, -0.2) is 23.5 Å². The number of amides is 1. The Kier molecular flexibility index (Phi) is 5.93. The van der Waals surface area contributed by atoms with Crippen LogP contribution in [0.5, 0.6) is 0 Å². The summed E-state index contributed by atoms with van der Waals surface area (Å²) in [7, 11) is 0. The fourth-order valence-electron chi connectivity index (χ4n) is 0.974. The predicted octanol–water partition coefficient (Wildman–Crippen LogP) is 1.01. The predicted molar refractivity (Wildman–Crippen MR) is 49.3 cm³/mol.